The predicted octanol–water partition coefficient (Wildman–Crippen LogP) is 1.87. The zero-order valence-electron chi connectivity index (χ0n) is 8.60. The SMILES string of the molecule is N#C[C@@H](O)CCCOCc1ccccc1. The molecule has 1 aromatic rings. The minimum Gasteiger partial charge on any atom is -0.378 e. The van der Waals surface area contributed by atoms with Crippen molar-refractivity contribution in [1.29, 1.82) is 5.26 Å². The van der Waals surface area contributed by atoms with Gasteiger partial charge in [-0.25, -0.2) is 0 Å². The van der Waals surface area contributed by atoms with E-state index in [0.29, 0.717) is 26.1 Å². The van der Waals surface area contributed by atoms with Crippen molar-refractivity contribution >= 4 is 0 Å². The van der Waals surface area contributed by atoms with E-state index in [4.69, 9.17) is 15.1 Å². The fourth-order valence-electron chi connectivity index (χ4n) is 1.21. The van der Waals surface area contributed by atoms with Crippen molar-refractivity contribution in [2.75, 3.05) is 6.61 Å². The monoisotopic (exact) mass is 205 g/mol. The Hall–Kier alpha value is -1.37. The molecule has 1 aromatic carbocycles. The van der Waals surface area contributed by atoms with Crippen molar-refractivity contribution in [3.8, 4) is 6.07 Å². The largest absolute Gasteiger partial charge is 0.378 e. The van der Waals surface area contributed by atoms with Crippen LogP contribution in [0.25, 0.3) is 0 Å². The first-order valence-corrected chi connectivity index (χ1v) is 5.02. The Bertz CT molecular complexity index is 305. The lowest BCUT2D eigenvalue weighted by Gasteiger charge is -2.04. The zero-order chi connectivity index (χ0) is 10.9. The Morgan fingerprint density at radius 2 is 2.07 bits per heavy atom. The number of hydrogen-bond acceptors (Lipinski definition) is 3. The number of nitriles is 1. The highest BCUT2D eigenvalue weighted by Gasteiger charge is 2.00. The van der Waals surface area contributed by atoms with Crippen LogP contribution < -0.4 is 0 Å². The van der Waals surface area contributed by atoms with E-state index in [-0.39, 0.29) is 0 Å². The second-order valence-corrected chi connectivity index (χ2v) is 3.33. The van der Waals surface area contributed by atoms with Crippen LogP contribution in [0, 0.1) is 11.3 Å². The molecule has 80 valence electrons. The molecule has 0 saturated heterocycles. The number of aliphatic hydroxyl groups is 1. The smallest absolute Gasteiger partial charge is 0.140 e. The third kappa shape index (κ3) is 5.16. The molecular formula is C12H15NO2. The van der Waals surface area contributed by atoms with Gasteiger partial charge in [-0.2, -0.15) is 5.26 Å². The van der Waals surface area contributed by atoms with E-state index in [1.165, 1.54) is 0 Å². The van der Waals surface area contributed by atoms with Crippen molar-refractivity contribution in [3.63, 3.8) is 0 Å². The maximum Gasteiger partial charge on any atom is 0.140 e. The van der Waals surface area contributed by atoms with Crippen LogP contribution >= 0.6 is 0 Å². The highest BCUT2D eigenvalue weighted by Crippen LogP contribution is 2.02. The van der Waals surface area contributed by atoms with Gasteiger partial charge in [-0.3, -0.25) is 0 Å². The second-order valence-electron chi connectivity index (χ2n) is 3.33. The van der Waals surface area contributed by atoms with Gasteiger partial charge in [-0.1, -0.05) is 30.3 Å². The first-order chi connectivity index (χ1) is 7.33. The molecule has 0 bridgehead atoms. The first kappa shape index (κ1) is 11.7. The van der Waals surface area contributed by atoms with E-state index in [1.807, 2.05) is 30.3 Å². The third-order valence-electron chi connectivity index (χ3n) is 2.03. The molecular weight excluding hydrogens is 190 g/mol. The number of nitrogens with zero attached hydrogens (tertiary/aromatic N) is 1. The third-order valence-corrected chi connectivity index (χ3v) is 2.03. The maximum atomic E-state index is 8.96. The lowest BCUT2D eigenvalue weighted by atomic mass is 10.2. The topological polar surface area (TPSA) is 53.2 Å². The summed E-state index contributed by atoms with van der Waals surface area (Å²) >= 11 is 0. The maximum absolute atomic E-state index is 8.96. The highest BCUT2D eigenvalue weighted by atomic mass is 16.5. The summed E-state index contributed by atoms with van der Waals surface area (Å²) in [7, 11) is 0. The number of ether oxygens (including phenoxy) is 1. The van der Waals surface area contributed by atoms with Crippen molar-refractivity contribution in [1.82, 2.24) is 0 Å². The fourth-order valence-corrected chi connectivity index (χ4v) is 1.21. The summed E-state index contributed by atoms with van der Waals surface area (Å²) in [6.07, 6.45) is 0.331. The lowest BCUT2D eigenvalue weighted by molar-refractivity contribution is 0.107. The minimum absolute atomic E-state index is 0.477. The van der Waals surface area contributed by atoms with Gasteiger partial charge in [0.2, 0.25) is 0 Å². The van der Waals surface area contributed by atoms with E-state index in [0.717, 1.165) is 5.56 Å². The van der Waals surface area contributed by atoms with Gasteiger partial charge in [-0.15, -0.1) is 0 Å². The van der Waals surface area contributed by atoms with Crippen LogP contribution in [0.5, 0.6) is 0 Å². The summed E-state index contributed by atoms with van der Waals surface area (Å²) in [5, 5.41) is 17.3. The number of hydrogen-bond donors (Lipinski definition) is 1. The molecule has 0 aromatic heterocycles. The van der Waals surface area contributed by atoms with Gasteiger partial charge in [-0.05, 0) is 18.4 Å². The average Bonchev–Trinajstić information content (AvgIpc) is 2.29. The Labute approximate surface area is 89.9 Å². The molecule has 0 aliphatic carbocycles. The number of aliphatic hydroxyl groups excluding tert-OH is 1. The molecule has 0 radical (unpaired) electrons. The first-order valence-electron chi connectivity index (χ1n) is 5.02. The molecule has 0 unspecified atom stereocenters. The summed E-state index contributed by atoms with van der Waals surface area (Å²) in [6.45, 7) is 1.16. The zero-order valence-corrected chi connectivity index (χ0v) is 8.60. The van der Waals surface area contributed by atoms with Crippen molar-refractivity contribution in [2.24, 2.45) is 0 Å². The molecule has 15 heavy (non-hydrogen) atoms. The molecule has 0 aliphatic heterocycles. The number of benzene rings is 1. The molecule has 3 nitrogen and oxygen atoms in total. The van der Waals surface area contributed by atoms with E-state index < -0.39 is 6.10 Å². The van der Waals surface area contributed by atoms with Crippen LogP contribution in [0.2, 0.25) is 0 Å². The Balaban J connectivity index is 2.06. The fraction of sp³-hybridized carbons (Fsp3) is 0.417. The Morgan fingerprint density at radius 3 is 2.73 bits per heavy atom. The van der Waals surface area contributed by atoms with Crippen LogP contribution in [-0.4, -0.2) is 17.8 Å². The van der Waals surface area contributed by atoms with Gasteiger partial charge < -0.3 is 9.84 Å². The van der Waals surface area contributed by atoms with Gasteiger partial charge in [0.15, 0.2) is 0 Å². The molecule has 1 N–H and O–H groups in total. The van der Waals surface area contributed by atoms with Crippen molar-refractivity contribution in [3.05, 3.63) is 35.9 Å². The van der Waals surface area contributed by atoms with Crippen LogP contribution in [-0.2, 0) is 11.3 Å². The van der Waals surface area contributed by atoms with E-state index in [9.17, 15) is 0 Å². The van der Waals surface area contributed by atoms with Gasteiger partial charge in [0.1, 0.15) is 6.10 Å². The van der Waals surface area contributed by atoms with E-state index in [2.05, 4.69) is 0 Å². The van der Waals surface area contributed by atoms with Crippen molar-refractivity contribution < 1.29 is 9.84 Å². The molecule has 3 heteroatoms. The second kappa shape index (κ2) is 6.99. The molecule has 0 fully saturated rings. The summed E-state index contributed by atoms with van der Waals surface area (Å²) in [5.41, 5.74) is 1.14. The Morgan fingerprint density at radius 1 is 1.33 bits per heavy atom. The van der Waals surface area contributed by atoms with E-state index >= 15 is 0 Å². The predicted molar refractivity (Wildman–Crippen MR) is 57.0 cm³/mol. The number of rotatable bonds is 6. The van der Waals surface area contributed by atoms with Crippen molar-refractivity contribution in [2.45, 2.75) is 25.6 Å². The summed E-state index contributed by atoms with van der Waals surface area (Å²) in [5.74, 6) is 0. The molecule has 1 rings (SSSR count). The normalized spacial score (nSPS) is 12.0. The van der Waals surface area contributed by atoms with Crippen LogP contribution in [0.3, 0.4) is 0 Å². The summed E-state index contributed by atoms with van der Waals surface area (Å²) in [6, 6.07) is 11.7. The molecule has 1 atom stereocenters. The summed E-state index contributed by atoms with van der Waals surface area (Å²) < 4.78 is 5.39. The van der Waals surface area contributed by atoms with Crippen LogP contribution in [0.15, 0.2) is 30.3 Å². The van der Waals surface area contributed by atoms with Crippen LogP contribution in [0.4, 0.5) is 0 Å². The molecule has 0 spiro atoms. The average molecular weight is 205 g/mol. The molecule has 0 amide bonds. The lowest BCUT2D eigenvalue weighted by Crippen LogP contribution is -2.04. The van der Waals surface area contributed by atoms with E-state index in [1.54, 1.807) is 6.07 Å². The quantitative estimate of drug-likeness (QED) is 0.569. The Kier molecular flexibility index (Phi) is 5.46. The van der Waals surface area contributed by atoms with Gasteiger partial charge in [0.25, 0.3) is 0 Å². The summed E-state index contributed by atoms with van der Waals surface area (Å²) in [4.78, 5) is 0. The standard InChI is InChI=1S/C12H15NO2/c13-9-12(14)7-4-8-15-10-11-5-2-1-3-6-11/h1-3,5-6,12,14H,4,7-8,10H2/t12-/m0/s1. The molecule has 0 heterocycles. The molecule has 0 saturated carbocycles. The van der Waals surface area contributed by atoms with Gasteiger partial charge in [0, 0.05) is 6.61 Å². The van der Waals surface area contributed by atoms with Crippen LogP contribution in [0.1, 0.15) is 18.4 Å². The highest BCUT2D eigenvalue weighted by molar-refractivity contribution is 5.13. The van der Waals surface area contributed by atoms with Gasteiger partial charge in [0.05, 0.1) is 12.7 Å². The molecule has 0 aliphatic rings. The minimum atomic E-state index is -0.856. The van der Waals surface area contributed by atoms with Gasteiger partial charge >= 0.3 is 0 Å².